The van der Waals surface area contributed by atoms with Gasteiger partial charge in [0.2, 0.25) is 0 Å². The molecule has 4 aromatic carbocycles. The first kappa shape index (κ1) is 24.0. The van der Waals surface area contributed by atoms with E-state index in [1.807, 2.05) is 84.9 Å². The fourth-order valence-electron chi connectivity index (χ4n) is 3.28. The number of para-hydroxylation sites is 4. The van der Waals surface area contributed by atoms with E-state index in [4.69, 9.17) is 0 Å². The van der Waals surface area contributed by atoms with Crippen LogP contribution in [0.3, 0.4) is 0 Å². The second-order valence-electron chi connectivity index (χ2n) is 7.01. The summed E-state index contributed by atoms with van der Waals surface area (Å²) in [5, 5.41) is 21.2. The number of aromatic nitrogens is 2. The third-order valence-electron chi connectivity index (χ3n) is 4.86. The molecule has 0 aliphatic heterocycles. The second kappa shape index (κ2) is 10.8. The van der Waals surface area contributed by atoms with Crippen LogP contribution >= 0.6 is 22.7 Å². The predicted octanol–water partition coefficient (Wildman–Crippen LogP) is 6.42. The number of hydrogen-bond donors (Lipinski definition) is 2. The third-order valence-corrected chi connectivity index (χ3v) is 7.00. The van der Waals surface area contributed by atoms with Gasteiger partial charge in [0.25, 0.3) is 0 Å². The quantitative estimate of drug-likeness (QED) is 0.227. The predicted molar refractivity (Wildman–Crippen MR) is 142 cm³/mol. The van der Waals surface area contributed by atoms with Crippen LogP contribution in [0.1, 0.15) is 0 Å². The first-order chi connectivity index (χ1) is 15.7. The molecule has 4 nitrogen and oxygen atoms in total. The van der Waals surface area contributed by atoms with E-state index in [0.29, 0.717) is 0 Å². The average molecular weight is 594 g/mol. The number of phenolic OH excluding ortho intramolecular Hbond substituents is 2. The summed E-state index contributed by atoms with van der Waals surface area (Å²) in [6.45, 7) is 0. The minimum absolute atomic E-state index is 0. The molecule has 0 saturated carbocycles. The number of nitrogens with zero attached hydrogens (tertiary/aromatic N) is 2. The molecule has 6 aromatic rings. The average Bonchev–Trinajstić information content (AvgIpc) is 3.44. The van der Waals surface area contributed by atoms with Crippen molar-refractivity contribution >= 4 is 92.0 Å². The Labute approximate surface area is 239 Å². The summed E-state index contributed by atoms with van der Waals surface area (Å²) in [5.74, 6) is 0.558. The fourth-order valence-corrected chi connectivity index (χ4v) is 5.28. The van der Waals surface area contributed by atoms with E-state index < -0.39 is 0 Å². The van der Waals surface area contributed by atoms with Crippen LogP contribution in [0.5, 0.6) is 11.5 Å². The van der Waals surface area contributed by atoms with Crippen molar-refractivity contribution in [3.63, 3.8) is 0 Å². The Morgan fingerprint density at radius 1 is 0.485 bits per heavy atom. The van der Waals surface area contributed by atoms with Gasteiger partial charge in [-0.25, -0.2) is 9.97 Å². The van der Waals surface area contributed by atoms with Gasteiger partial charge in [-0.15, -0.1) is 22.7 Å². The molecule has 0 bridgehead atoms. The molecule has 2 aromatic heterocycles. The number of fused-ring (bicyclic) bond motifs is 2. The molecule has 0 amide bonds. The van der Waals surface area contributed by atoms with Crippen LogP contribution in [-0.4, -0.2) is 69.1 Å². The van der Waals surface area contributed by atoms with Crippen molar-refractivity contribution in [2.75, 3.05) is 0 Å². The zero-order valence-corrected chi connectivity index (χ0v) is 18.5. The number of aromatic hydroxyl groups is 2. The van der Waals surface area contributed by atoms with Crippen LogP contribution in [0.15, 0.2) is 97.1 Å². The summed E-state index contributed by atoms with van der Waals surface area (Å²) in [4.78, 5) is 9.00. The van der Waals surface area contributed by atoms with Gasteiger partial charge in [0, 0.05) is 0 Å². The van der Waals surface area contributed by atoms with Gasteiger partial charge in [-0.05, 0) is 48.5 Å². The van der Waals surface area contributed by atoms with Gasteiger partial charge >= 0.3 is 48.9 Å². The molecule has 0 saturated heterocycles. The van der Waals surface area contributed by atoms with E-state index in [0.717, 1.165) is 41.6 Å². The van der Waals surface area contributed by atoms with Gasteiger partial charge in [0.15, 0.2) is 0 Å². The summed E-state index contributed by atoms with van der Waals surface area (Å²) in [6.07, 6.45) is 0. The van der Waals surface area contributed by atoms with Gasteiger partial charge in [0.1, 0.15) is 21.5 Å². The van der Waals surface area contributed by atoms with Crippen molar-refractivity contribution in [2.45, 2.75) is 0 Å². The zero-order valence-electron chi connectivity index (χ0n) is 16.8. The molecule has 0 atom stereocenters. The fraction of sp³-hybridized carbons (Fsp3) is 0. The molecule has 0 aliphatic carbocycles. The van der Waals surface area contributed by atoms with Crippen LogP contribution in [0, 0.1) is 0 Å². The Morgan fingerprint density at radius 3 is 1.24 bits per heavy atom. The summed E-state index contributed by atoms with van der Waals surface area (Å²) in [5.41, 5.74) is 3.55. The first-order valence-corrected chi connectivity index (χ1v) is 11.6. The standard InChI is InChI=1S/2C13H9NOS.Ba.2H/c2*15-11-7-3-1-5-9(11)13-14-10-6-2-4-8-12(10)16-13;;;/h2*1-8,15H;;;. The molecular formula is C26H20BaN2O2S2. The number of benzene rings is 4. The van der Waals surface area contributed by atoms with Crippen LogP contribution in [0.2, 0.25) is 0 Å². The van der Waals surface area contributed by atoms with E-state index >= 15 is 0 Å². The van der Waals surface area contributed by atoms with Crippen molar-refractivity contribution in [1.29, 1.82) is 0 Å². The van der Waals surface area contributed by atoms with Crippen LogP contribution in [0.4, 0.5) is 0 Å². The Hall–Kier alpha value is -2.17. The third kappa shape index (κ3) is 5.33. The Kier molecular flexibility index (Phi) is 7.87. The van der Waals surface area contributed by atoms with E-state index in [1.165, 1.54) is 0 Å². The van der Waals surface area contributed by atoms with Gasteiger partial charge in [-0.2, -0.15) is 0 Å². The van der Waals surface area contributed by atoms with E-state index in [1.54, 1.807) is 34.8 Å². The molecule has 2 heterocycles. The van der Waals surface area contributed by atoms with E-state index in [9.17, 15) is 10.2 Å². The summed E-state index contributed by atoms with van der Waals surface area (Å²) < 4.78 is 2.28. The topological polar surface area (TPSA) is 66.2 Å². The van der Waals surface area contributed by atoms with Crippen molar-refractivity contribution in [1.82, 2.24) is 9.97 Å². The van der Waals surface area contributed by atoms with Gasteiger partial charge in [-0.3, -0.25) is 0 Å². The summed E-state index contributed by atoms with van der Waals surface area (Å²) in [7, 11) is 0. The number of thiazole rings is 2. The molecule has 0 radical (unpaired) electrons. The monoisotopic (exact) mass is 594 g/mol. The van der Waals surface area contributed by atoms with Gasteiger partial charge in [0.05, 0.1) is 31.6 Å². The molecule has 2 N–H and O–H groups in total. The van der Waals surface area contributed by atoms with E-state index in [-0.39, 0.29) is 60.4 Å². The van der Waals surface area contributed by atoms with Gasteiger partial charge in [-0.1, -0.05) is 48.5 Å². The van der Waals surface area contributed by atoms with Crippen molar-refractivity contribution in [3.05, 3.63) is 97.1 Å². The molecule has 33 heavy (non-hydrogen) atoms. The maximum absolute atomic E-state index is 9.76. The van der Waals surface area contributed by atoms with Gasteiger partial charge < -0.3 is 10.2 Å². The minimum atomic E-state index is 0. The molecule has 0 aliphatic rings. The van der Waals surface area contributed by atoms with Crippen molar-refractivity contribution in [2.24, 2.45) is 0 Å². The molecule has 6 rings (SSSR count). The number of rotatable bonds is 2. The van der Waals surface area contributed by atoms with Crippen LogP contribution < -0.4 is 0 Å². The van der Waals surface area contributed by atoms with Crippen LogP contribution in [0.25, 0.3) is 41.6 Å². The zero-order chi connectivity index (χ0) is 21.9. The molecule has 0 fully saturated rings. The Balaban J connectivity index is 0.000000152. The summed E-state index contributed by atoms with van der Waals surface area (Å²) >= 11 is 3.19. The normalized spacial score (nSPS) is 10.4. The van der Waals surface area contributed by atoms with Crippen molar-refractivity contribution in [3.8, 4) is 32.6 Å². The molecule has 0 unspecified atom stereocenters. The number of phenols is 2. The Morgan fingerprint density at radius 2 is 0.848 bits per heavy atom. The maximum atomic E-state index is 9.76. The van der Waals surface area contributed by atoms with E-state index in [2.05, 4.69) is 9.97 Å². The second-order valence-corrected chi connectivity index (χ2v) is 9.07. The number of hydrogen-bond acceptors (Lipinski definition) is 6. The summed E-state index contributed by atoms with van der Waals surface area (Å²) in [6, 6.07) is 30.5. The SMILES string of the molecule is Oc1ccccc1-c1nc2ccccc2s1.Oc1ccccc1-c1nc2ccccc2s1.[BaH2]. The molecule has 160 valence electrons. The molecular weight excluding hydrogens is 574 g/mol. The van der Waals surface area contributed by atoms with Crippen LogP contribution in [-0.2, 0) is 0 Å². The first-order valence-electron chi connectivity index (χ1n) is 9.97. The molecule has 7 heteroatoms. The van der Waals surface area contributed by atoms with Crippen molar-refractivity contribution < 1.29 is 10.2 Å². The Bertz CT molecular complexity index is 1350. The molecule has 0 spiro atoms.